The van der Waals surface area contributed by atoms with Crippen LogP contribution in [-0.2, 0) is 25.6 Å². The molecule has 0 radical (unpaired) electrons. The van der Waals surface area contributed by atoms with Crippen LogP contribution in [0.2, 0.25) is 0 Å². The number of aryl methyl sites for hydroxylation is 1. The predicted octanol–water partition coefficient (Wildman–Crippen LogP) is 4.43. The van der Waals surface area contributed by atoms with Crippen molar-refractivity contribution in [3.63, 3.8) is 0 Å². The third kappa shape index (κ3) is 3.84. The van der Waals surface area contributed by atoms with E-state index in [1.54, 1.807) is 29.2 Å². The van der Waals surface area contributed by atoms with Crippen LogP contribution in [0.5, 0.6) is 0 Å². The van der Waals surface area contributed by atoms with E-state index >= 15 is 0 Å². The summed E-state index contributed by atoms with van der Waals surface area (Å²) in [6, 6.07) is 11.8. The van der Waals surface area contributed by atoms with Crippen molar-refractivity contribution in [2.75, 3.05) is 0 Å². The molecule has 4 aromatic rings. The normalized spacial score (nSPS) is 11.3. The highest BCUT2D eigenvalue weighted by molar-refractivity contribution is 7.98. The first kappa shape index (κ1) is 18.0. The Hall–Kier alpha value is -2.38. The first-order valence-corrected chi connectivity index (χ1v) is 10.6. The Bertz CT molecular complexity index is 1130. The highest BCUT2D eigenvalue weighted by Gasteiger charge is 2.13. The zero-order valence-electron chi connectivity index (χ0n) is 15.1. The van der Waals surface area contributed by atoms with E-state index in [9.17, 15) is 4.79 Å². The number of fused-ring (bicyclic) bond motifs is 1. The Labute approximate surface area is 165 Å². The first-order valence-electron chi connectivity index (χ1n) is 8.73. The van der Waals surface area contributed by atoms with Crippen LogP contribution >= 0.6 is 23.1 Å². The average molecular weight is 398 g/mol. The quantitative estimate of drug-likeness (QED) is 0.356. The number of hydrogen-bond acceptors (Lipinski definition) is 6. The van der Waals surface area contributed by atoms with E-state index in [1.807, 2.05) is 29.8 Å². The number of thioether (sulfide) groups is 1. The van der Waals surface area contributed by atoms with Gasteiger partial charge in [-0.2, -0.15) is 0 Å². The van der Waals surface area contributed by atoms with E-state index in [4.69, 9.17) is 4.42 Å². The van der Waals surface area contributed by atoms with E-state index in [1.165, 1.54) is 4.88 Å². The molecule has 0 aliphatic carbocycles. The summed E-state index contributed by atoms with van der Waals surface area (Å²) in [5, 5.41) is 12.5. The molecule has 1 aromatic carbocycles. The molecule has 0 spiro atoms. The van der Waals surface area contributed by atoms with Crippen molar-refractivity contribution >= 4 is 34.1 Å². The molecule has 5 nitrogen and oxygen atoms in total. The van der Waals surface area contributed by atoms with Gasteiger partial charge in [-0.1, -0.05) is 36.9 Å². The molecule has 3 heterocycles. The molecule has 0 fully saturated rings. The molecule has 138 valence electrons. The molecule has 4 rings (SSSR count). The van der Waals surface area contributed by atoms with Crippen LogP contribution in [-0.4, -0.2) is 14.8 Å². The van der Waals surface area contributed by atoms with Crippen LogP contribution < -0.4 is 5.63 Å². The van der Waals surface area contributed by atoms with Crippen molar-refractivity contribution < 1.29 is 4.42 Å². The van der Waals surface area contributed by atoms with E-state index in [2.05, 4.69) is 34.6 Å². The summed E-state index contributed by atoms with van der Waals surface area (Å²) in [4.78, 5) is 13.2. The lowest BCUT2D eigenvalue weighted by atomic mass is 10.1. The molecule has 0 atom stereocenters. The second kappa shape index (κ2) is 7.70. The Morgan fingerprint density at radius 2 is 2.11 bits per heavy atom. The highest BCUT2D eigenvalue weighted by Crippen LogP contribution is 2.27. The van der Waals surface area contributed by atoms with E-state index < -0.39 is 0 Å². The zero-order chi connectivity index (χ0) is 18.8. The summed E-state index contributed by atoms with van der Waals surface area (Å²) in [6.07, 6.45) is 1.68. The molecular weight excluding hydrogens is 378 g/mol. The van der Waals surface area contributed by atoms with Crippen molar-refractivity contribution in [1.29, 1.82) is 0 Å². The molecule has 3 aromatic heterocycles. The van der Waals surface area contributed by atoms with Gasteiger partial charge in [0.1, 0.15) is 11.4 Å². The van der Waals surface area contributed by atoms with Gasteiger partial charge in [0.2, 0.25) is 0 Å². The number of aromatic nitrogens is 3. The maximum Gasteiger partial charge on any atom is 0.336 e. The van der Waals surface area contributed by atoms with Crippen molar-refractivity contribution in [1.82, 2.24) is 14.8 Å². The summed E-state index contributed by atoms with van der Waals surface area (Å²) in [7, 11) is 1.98. The van der Waals surface area contributed by atoms with Gasteiger partial charge in [0, 0.05) is 35.6 Å². The fourth-order valence-electron chi connectivity index (χ4n) is 2.95. The summed E-state index contributed by atoms with van der Waals surface area (Å²) in [5.74, 6) is 1.57. The molecule has 0 amide bonds. The number of benzene rings is 1. The van der Waals surface area contributed by atoms with Crippen molar-refractivity contribution in [3.05, 3.63) is 74.0 Å². The predicted molar refractivity (Wildman–Crippen MR) is 110 cm³/mol. The maximum absolute atomic E-state index is 12.0. The Morgan fingerprint density at radius 1 is 1.22 bits per heavy atom. The number of hydrogen-bond donors (Lipinski definition) is 0. The minimum atomic E-state index is -0.317. The molecule has 0 aliphatic heterocycles. The molecule has 0 unspecified atom stereocenters. The molecule has 0 saturated heterocycles. The Kier molecular flexibility index (Phi) is 5.13. The molecule has 0 saturated carbocycles. The average Bonchev–Trinajstić information content (AvgIpc) is 3.30. The van der Waals surface area contributed by atoms with Crippen molar-refractivity contribution in [2.24, 2.45) is 7.05 Å². The highest BCUT2D eigenvalue weighted by atomic mass is 32.2. The lowest BCUT2D eigenvalue weighted by Gasteiger charge is -2.07. The monoisotopic (exact) mass is 397 g/mol. The lowest BCUT2D eigenvalue weighted by Crippen LogP contribution is -2.02. The van der Waals surface area contributed by atoms with Gasteiger partial charge in [0.25, 0.3) is 0 Å². The largest absolute Gasteiger partial charge is 0.423 e. The van der Waals surface area contributed by atoms with E-state index in [0.29, 0.717) is 11.3 Å². The summed E-state index contributed by atoms with van der Waals surface area (Å²) in [5.41, 5.74) is 2.44. The van der Waals surface area contributed by atoms with Gasteiger partial charge in [0.05, 0.1) is 0 Å². The Morgan fingerprint density at radius 3 is 2.89 bits per heavy atom. The van der Waals surface area contributed by atoms with Crippen LogP contribution in [0.4, 0.5) is 0 Å². The lowest BCUT2D eigenvalue weighted by molar-refractivity contribution is 0.559. The standard InChI is InChI=1S/C20H19N3O2S2/c1-3-13-6-7-16-14(10-19(24)25-17(16)9-13)12-27-20-22-21-18(23(20)2)11-15-5-4-8-26-15/h4-10H,3,11-12H2,1-2H3. The number of rotatable bonds is 6. The Balaban J connectivity index is 1.57. The van der Waals surface area contributed by atoms with Crippen LogP contribution in [0, 0.1) is 0 Å². The van der Waals surface area contributed by atoms with Crippen molar-refractivity contribution in [3.8, 4) is 0 Å². The molecular formula is C20H19N3O2S2. The minimum Gasteiger partial charge on any atom is -0.423 e. The van der Waals surface area contributed by atoms with Crippen LogP contribution in [0.15, 0.2) is 56.1 Å². The molecule has 0 bridgehead atoms. The summed E-state index contributed by atoms with van der Waals surface area (Å²) >= 11 is 3.30. The zero-order valence-corrected chi connectivity index (χ0v) is 16.8. The summed E-state index contributed by atoms with van der Waals surface area (Å²) < 4.78 is 7.41. The van der Waals surface area contributed by atoms with Crippen molar-refractivity contribution in [2.45, 2.75) is 30.7 Å². The smallest absolute Gasteiger partial charge is 0.336 e. The third-order valence-corrected chi connectivity index (χ3v) is 6.44. The van der Waals surface area contributed by atoms with Crippen LogP contribution in [0.3, 0.4) is 0 Å². The SMILES string of the molecule is CCc1ccc2c(CSc3nnc(Cc4cccs4)n3C)cc(=O)oc2c1. The van der Waals surface area contributed by atoms with E-state index in [-0.39, 0.29) is 5.63 Å². The molecule has 27 heavy (non-hydrogen) atoms. The van der Waals surface area contributed by atoms with Gasteiger partial charge < -0.3 is 8.98 Å². The minimum absolute atomic E-state index is 0.317. The number of nitrogens with zero attached hydrogens (tertiary/aromatic N) is 3. The van der Waals surface area contributed by atoms with Gasteiger partial charge in [-0.15, -0.1) is 21.5 Å². The van der Waals surface area contributed by atoms with Gasteiger partial charge in [-0.3, -0.25) is 0 Å². The fourth-order valence-corrected chi connectivity index (χ4v) is 4.57. The molecule has 0 N–H and O–H groups in total. The van der Waals surface area contributed by atoms with E-state index in [0.717, 1.165) is 40.3 Å². The van der Waals surface area contributed by atoms with Gasteiger partial charge in [-0.25, -0.2) is 4.79 Å². The first-order chi connectivity index (χ1) is 13.1. The molecule has 7 heteroatoms. The maximum atomic E-state index is 12.0. The second-order valence-corrected chi connectivity index (χ2v) is 8.25. The van der Waals surface area contributed by atoms with Gasteiger partial charge >= 0.3 is 5.63 Å². The summed E-state index contributed by atoms with van der Waals surface area (Å²) in [6.45, 7) is 2.08. The van der Waals surface area contributed by atoms with Gasteiger partial charge in [0.15, 0.2) is 5.16 Å². The van der Waals surface area contributed by atoms with Crippen LogP contribution in [0.1, 0.15) is 28.8 Å². The third-order valence-electron chi connectivity index (χ3n) is 4.50. The number of thiophene rings is 1. The van der Waals surface area contributed by atoms with Crippen LogP contribution in [0.25, 0.3) is 11.0 Å². The molecule has 0 aliphatic rings. The topological polar surface area (TPSA) is 60.9 Å². The fraction of sp³-hybridized carbons (Fsp3) is 0.250. The van der Waals surface area contributed by atoms with Gasteiger partial charge in [-0.05, 0) is 35.1 Å². The second-order valence-electron chi connectivity index (χ2n) is 6.28.